The summed E-state index contributed by atoms with van der Waals surface area (Å²) in [6.07, 6.45) is 0.196. The SMILES string of the molecule is CNC(=O)C=C1c2ccccc2N(C(=O)c2cccc(C(=O)Nc3ccccc3)c2-c2ccccc2)CCC1(F)F. The molecule has 1 aliphatic rings. The second-order valence-corrected chi connectivity index (χ2v) is 9.51. The zero-order valence-electron chi connectivity index (χ0n) is 22.2. The summed E-state index contributed by atoms with van der Waals surface area (Å²) in [7, 11) is 1.36. The van der Waals surface area contributed by atoms with Crippen LogP contribution in [0.15, 0.2) is 109 Å². The van der Waals surface area contributed by atoms with Crippen molar-refractivity contribution in [2.45, 2.75) is 12.3 Å². The Labute approximate surface area is 236 Å². The average molecular weight is 552 g/mol. The monoisotopic (exact) mass is 551 g/mol. The number of carbonyl (C=O) groups is 3. The van der Waals surface area contributed by atoms with Gasteiger partial charge in [-0.3, -0.25) is 14.4 Å². The van der Waals surface area contributed by atoms with Crippen LogP contribution in [0.1, 0.15) is 32.7 Å². The van der Waals surface area contributed by atoms with E-state index in [-0.39, 0.29) is 28.9 Å². The van der Waals surface area contributed by atoms with Crippen LogP contribution in [0.25, 0.3) is 16.7 Å². The van der Waals surface area contributed by atoms with Crippen LogP contribution >= 0.6 is 0 Å². The fourth-order valence-corrected chi connectivity index (χ4v) is 4.94. The Hall–Kier alpha value is -5.11. The van der Waals surface area contributed by atoms with Crippen LogP contribution in [0.4, 0.5) is 20.2 Å². The molecule has 0 saturated heterocycles. The first-order valence-corrected chi connectivity index (χ1v) is 13.1. The molecule has 0 fully saturated rings. The molecule has 0 bridgehead atoms. The van der Waals surface area contributed by atoms with Gasteiger partial charge in [-0.2, -0.15) is 0 Å². The summed E-state index contributed by atoms with van der Waals surface area (Å²) in [6.45, 7) is -0.303. The number of alkyl halides is 2. The van der Waals surface area contributed by atoms with Gasteiger partial charge in [-0.1, -0.05) is 72.8 Å². The Morgan fingerprint density at radius 2 is 1.44 bits per heavy atom. The predicted molar refractivity (Wildman–Crippen MR) is 156 cm³/mol. The summed E-state index contributed by atoms with van der Waals surface area (Å²) in [6, 6.07) is 29.1. The van der Waals surface area contributed by atoms with Crippen LogP contribution in [-0.4, -0.2) is 37.2 Å². The summed E-state index contributed by atoms with van der Waals surface area (Å²) >= 11 is 0. The predicted octanol–water partition coefficient (Wildman–Crippen LogP) is 6.42. The van der Waals surface area contributed by atoms with E-state index in [2.05, 4.69) is 10.6 Å². The van der Waals surface area contributed by atoms with Gasteiger partial charge in [0.25, 0.3) is 17.7 Å². The highest BCUT2D eigenvalue weighted by Crippen LogP contribution is 2.43. The average Bonchev–Trinajstić information content (AvgIpc) is 3.10. The van der Waals surface area contributed by atoms with Crippen molar-refractivity contribution < 1.29 is 23.2 Å². The van der Waals surface area contributed by atoms with Crippen LogP contribution in [0.2, 0.25) is 0 Å². The third-order valence-electron chi connectivity index (χ3n) is 6.93. The maximum absolute atomic E-state index is 15.4. The number of benzene rings is 4. The summed E-state index contributed by atoms with van der Waals surface area (Å²) in [4.78, 5) is 41.2. The number of hydrogen-bond donors (Lipinski definition) is 2. The second kappa shape index (κ2) is 11.6. The lowest BCUT2D eigenvalue weighted by molar-refractivity contribution is -0.116. The molecule has 41 heavy (non-hydrogen) atoms. The molecular weight excluding hydrogens is 524 g/mol. The molecule has 1 aliphatic heterocycles. The van der Waals surface area contributed by atoms with Crippen LogP contribution in [0.5, 0.6) is 0 Å². The van der Waals surface area contributed by atoms with E-state index in [1.807, 2.05) is 12.1 Å². The third-order valence-corrected chi connectivity index (χ3v) is 6.93. The van der Waals surface area contributed by atoms with E-state index < -0.39 is 35.6 Å². The Balaban J connectivity index is 1.64. The molecule has 6 nitrogen and oxygen atoms in total. The highest BCUT2D eigenvalue weighted by atomic mass is 19.3. The van der Waals surface area contributed by atoms with Crippen LogP contribution < -0.4 is 15.5 Å². The van der Waals surface area contributed by atoms with Crippen molar-refractivity contribution in [2.24, 2.45) is 0 Å². The quantitative estimate of drug-likeness (QED) is 0.281. The van der Waals surface area contributed by atoms with Crippen LogP contribution in [0.3, 0.4) is 0 Å². The lowest BCUT2D eigenvalue weighted by Crippen LogP contribution is -2.34. The van der Waals surface area contributed by atoms with E-state index in [9.17, 15) is 14.4 Å². The van der Waals surface area contributed by atoms with Gasteiger partial charge in [0, 0.05) is 59.6 Å². The normalized spacial score (nSPS) is 15.0. The number of likely N-dealkylation sites (N-methyl/N-ethyl adjacent to an activating group) is 1. The molecule has 0 spiro atoms. The molecule has 5 rings (SSSR count). The van der Waals surface area contributed by atoms with E-state index >= 15 is 8.78 Å². The van der Waals surface area contributed by atoms with E-state index in [0.29, 0.717) is 16.8 Å². The number of amides is 3. The minimum Gasteiger partial charge on any atom is -0.356 e. The molecule has 4 aromatic carbocycles. The summed E-state index contributed by atoms with van der Waals surface area (Å²) in [5, 5.41) is 5.23. The molecule has 0 aromatic heterocycles. The van der Waals surface area contributed by atoms with E-state index in [1.165, 1.54) is 18.0 Å². The molecular formula is C33H27F2N3O3. The Morgan fingerprint density at radius 1 is 0.805 bits per heavy atom. The van der Waals surface area contributed by atoms with Crippen molar-refractivity contribution in [1.82, 2.24) is 5.32 Å². The van der Waals surface area contributed by atoms with Gasteiger partial charge in [0.05, 0.1) is 5.69 Å². The number of nitrogens with zero attached hydrogens (tertiary/aromatic N) is 1. The number of nitrogens with one attached hydrogen (secondary N) is 2. The fourth-order valence-electron chi connectivity index (χ4n) is 4.94. The molecule has 8 heteroatoms. The molecule has 0 radical (unpaired) electrons. The summed E-state index contributed by atoms with van der Waals surface area (Å²) < 4.78 is 30.9. The standard InChI is InChI=1S/C33H27F2N3O3/c1-36-29(39)21-27-24-15-8-9-18-28(24)38(20-19-33(27,34)35)32(41)26-17-10-16-25(30(26)22-11-4-2-5-12-22)31(40)37-23-13-6-3-7-14-23/h2-18,21H,19-20H2,1H3,(H,36,39)(H,37,40). The van der Waals surface area contributed by atoms with Gasteiger partial charge in [-0.15, -0.1) is 0 Å². The number of anilines is 2. The first kappa shape index (κ1) is 27.5. The van der Waals surface area contributed by atoms with Crippen molar-refractivity contribution in [3.8, 4) is 11.1 Å². The minimum atomic E-state index is -3.36. The van der Waals surface area contributed by atoms with E-state index in [4.69, 9.17) is 0 Å². The summed E-state index contributed by atoms with van der Waals surface area (Å²) in [5.74, 6) is -4.99. The zero-order chi connectivity index (χ0) is 29.0. The summed E-state index contributed by atoms with van der Waals surface area (Å²) in [5.41, 5.74) is 1.95. The third kappa shape index (κ3) is 5.63. The molecule has 3 amide bonds. The molecule has 2 N–H and O–H groups in total. The lowest BCUT2D eigenvalue weighted by Gasteiger charge is -2.25. The maximum Gasteiger partial charge on any atom is 0.275 e. The maximum atomic E-state index is 15.4. The number of carbonyl (C=O) groups excluding carboxylic acids is 3. The molecule has 0 saturated carbocycles. The Bertz CT molecular complexity index is 1640. The fraction of sp³-hybridized carbons (Fsp3) is 0.121. The van der Waals surface area contributed by atoms with Crippen molar-refractivity contribution >= 4 is 34.7 Å². The number of fused-ring (bicyclic) bond motifs is 1. The molecule has 0 unspecified atom stereocenters. The highest BCUT2D eigenvalue weighted by Gasteiger charge is 2.41. The van der Waals surface area contributed by atoms with Gasteiger partial charge in [-0.25, -0.2) is 8.78 Å². The van der Waals surface area contributed by atoms with Crippen LogP contribution in [0, 0.1) is 0 Å². The number of allylic oxidation sites excluding steroid dienone is 1. The smallest absolute Gasteiger partial charge is 0.275 e. The number of para-hydroxylation sites is 2. The first-order valence-electron chi connectivity index (χ1n) is 13.1. The number of halogens is 2. The Morgan fingerprint density at radius 3 is 2.15 bits per heavy atom. The molecule has 206 valence electrons. The van der Waals surface area contributed by atoms with Crippen molar-refractivity contribution in [3.05, 3.63) is 126 Å². The van der Waals surface area contributed by atoms with E-state index in [1.54, 1.807) is 84.9 Å². The largest absolute Gasteiger partial charge is 0.356 e. The number of rotatable bonds is 5. The van der Waals surface area contributed by atoms with E-state index in [0.717, 1.165) is 6.08 Å². The lowest BCUT2D eigenvalue weighted by atomic mass is 9.92. The number of hydrogen-bond acceptors (Lipinski definition) is 3. The Kier molecular flexibility index (Phi) is 7.74. The second-order valence-electron chi connectivity index (χ2n) is 9.51. The van der Waals surface area contributed by atoms with Crippen molar-refractivity contribution in [1.29, 1.82) is 0 Å². The van der Waals surface area contributed by atoms with Gasteiger partial charge in [0.15, 0.2) is 0 Å². The zero-order valence-corrected chi connectivity index (χ0v) is 22.2. The van der Waals surface area contributed by atoms with Crippen molar-refractivity contribution in [2.75, 3.05) is 23.8 Å². The van der Waals surface area contributed by atoms with Gasteiger partial charge in [-0.05, 0) is 35.9 Å². The topological polar surface area (TPSA) is 78.5 Å². The molecule has 0 atom stereocenters. The van der Waals surface area contributed by atoms with Gasteiger partial charge in [0.2, 0.25) is 5.91 Å². The van der Waals surface area contributed by atoms with Crippen LogP contribution in [-0.2, 0) is 4.79 Å². The minimum absolute atomic E-state index is 0.0891. The molecule has 4 aromatic rings. The van der Waals surface area contributed by atoms with Crippen molar-refractivity contribution in [3.63, 3.8) is 0 Å². The highest BCUT2D eigenvalue weighted by molar-refractivity contribution is 6.17. The molecule has 1 heterocycles. The van der Waals surface area contributed by atoms with Gasteiger partial charge >= 0.3 is 0 Å². The first-order chi connectivity index (χ1) is 19.8. The van der Waals surface area contributed by atoms with Gasteiger partial charge < -0.3 is 15.5 Å². The molecule has 0 aliphatic carbocycles. The van der Waals surface area contributed by atoms with Gasteiger partial charge in [0.1, 0.15) is 0 Å².